The van der Waals surface area contributed by atoms with E-state index >= 15 is 0 Å². The minimum atomic E-state index is -4.31. The number of hydrogen-bond donors (Lipinski definition) is 2. The summed E-state index contributed by atoms with van der Waals surface area (Å²) in [7, 11) is -2.43. The molecule has 1 aliphatic heterocycles. The molecule has 1 aromatic rings. The van der Waals surface area contributed by atoms with Crippen molar-refractivity contribution in [1.82, 2.24) is 9.55 Å². The number of ether oxygens (including phenoxy) is 1. The van der Waals surface area contributed by atoms with Crippen LogP contribution in [0.3, 0.4) is 0 Å². The summed E-state index contributed by atoms with van der Waals surface area (Å²) in [6, 6.07) is 1.21. The fraction of sp³-hybridized carbons (Fsp3) is 0.538. The summed E-state index contributed by atoms with van der Waals surface area (Å²) in [5, 5.41) is 10.2. The van der Waals surface area contributed by atoms with Crippen molar-refractivity contribution in [2.45, 2.75) is 24.1 Å². The Hall–Kier alpha value is -1.36. The molecule has 2 rings (SSSR count). The largest absolute Gasteiger partial charge is 0.388 e. The van der Waals surface area contributed by atoms with Gasteiger partial charge in [-0.15, -0.1) is 11.6 Å². The maximum absolute atomic E-state index is 14.6. The zero-order valence-electron chi connectivity index (χ0n) is 13.7. The van der Waals surface area contributed by atoms with Crippen molar-refractivity contribution in [3.05, 3.63) is 34.4 Å². The third-order valence-corrected chi connectivity index (χ3v) is 5.89. The van der Waals surface area contributed by atoms with E-state index in [0.717, 1.165) is 25.0 Å². The Kier molecular flexibility index (Phi) is 6.21. The molecule has 0 radical (unpaired) electrons. The lowest BCUT2D eigenvalue weighted by atomic mass is 9.98. The monoisotopic (exact) mass is 415 g/mol. The number of anilines is 1. The third kappa shape index (κ3) is 3.55. The van der Waals surface area contributed by atoms with E-state index in [1.165, 1.54) is 6.07 Å². The van der Waals surface area contributed by atoms with Gasteiger partial charge in [0.05, 0.1) is 5.88 Å². The summed E-state index contributed by atoms with van der Waals surface area (Å²) in [4.78, 5) is 15.3. The number of nitrogens with two attached hydrogens (primary N) is 1. The van der Waals surface area contributed by atoms with Crippen molar-refractivity contribution in [2.75, 3.05) is 25.8 Å². The molecule has 1 saturated heterocycles. The van der Waals surface area contributed by atoms with E-state index in [2.05, 4.69) is 14.0 Å². The highest BCUT2D eigenvalue weighted by molar-refractivity contribution is 7.58. The molecule has 26 heavy (non-hydrogen) atoms. The van der Waals surface area contributed by atoms with Gasteiger partial charge in [-0.05, 0) is 12.1 Å². The Morgan fingerprint density at radius 1 is 1.62 bits per heavy atom. The average Bonchev–Trinajstić information content (AvgIpc) is 2.86. The first-order valence-corrected chi connectivity index (χ1v) is 9.23. The van der Waals surface area contributed by atoms with Gasteiger partial charge in [-0.1, -0.05) is 0 Å². The van der Waals surface area contributed by atoms with Gasteiger partial charge in [-0.3, -0.25) is 9.13 Å². The number of aliphatic hydroxyl groups is 1. The van der Waals surface area contributed by atoms with Crippen LogP contribution in [-0.4, -0.2) is 52.6 Å². The molecule has 1 aromatic heterocycles. The van der Waals surface area contributed by atoms with Crippen molar-refractivity contribution in [1.29, 1.82) is 0 Å². The Bertz CT molecular complexity index is 800. The molecule has 3 N–H and O–H groups in total. The molecule has 4 atom stereocenters. The molecular weight excluding hydrogens is 399 g/mol. The molecule has 0 spiro atoms. The predicted molar refractivity (Wildman–Crippen MR) is 88.2 cm³/mol. The first kappa shape index (κ1) is 20.9. The molecule has 0 aromatic carbocycles. The van der Waals surface area contributed by atoms with Crippen LogP contribution < -0.4 is 11.4 Å². The Labute approximate surface area is 151 Å². The summed E-state index contributed by atoms with van der Waals surface area (Å²) in [5.41, 5.74) is 0.851. The van der Waals surface area contributed by atoms with Crippen LogP contribution in [0.4, 0.5) is 14.6 Å². The van der Waals surface area contributed by atoms with Crippen molar-refractivity contribution >= 4 is 25.0 Å². The predicted octanol–water partition coefficient (Wildman–Crippen LogP) is 1.33. The highest BCUT2D eigenvalue weighted by atomic mass is 35.5. The lowest BCUT2D eigenvalue weighted by Crippen LogP contribution is -2.42. The Balaban J connectivity index is 2.48. The SMILES string of the molecule is COP(=O)(OC)/C(F)=C/[C@@]1(CCl)O[C@@H](n2ccc(N)nc2=O)[C@H](F)[C@@H]1O. The second-order valence-corrected chi connectivity index (χ2v) is 7.78. The molecule has 1 aliphatic rings. The topological polar surface area (TPSA) is 126 Å². The second kappa shape index (κ2) is 7.71. The summed E-state index contributed by atoms with van der Waals surface area (Å²) in [6.07, 6.45) is -4.19. The van der Waals surface area contributed by atoms with E-state index in [9.17, 15) is 23.2 Å². The lowest BCUT2D eigenvalue weighted by Gasteiger charge is -2.26. The normalized spacial score (nSPS) is 29.9. The quantitative estimate of drug-likeness (QED) is 0.526. The van der Waals surface area contributed by atoms with Gasteiger partial charge in [-0.2, -0.15) is 9.37 Å². The van der Waals surface area contributed by atoms with Gasteiger partial charge in [-0.25, -0.2) is 9.18 Å². The van der Waals surface area contributed by atoms with Crippen molar-refractivity contribution in [3.63, 3.8) is 0 Å². The zero-order valence-corrected chi connectivity index (χ0v) is 15.4. The first-order valence-electron chi connectivity index (χ1n) is 7.15. The van der Waals surface area contributed by atoms with E-state index in [-0.39, 0.29) is 5.82 Å². The first-order chi connectivity index (χ1) is 12.1. The molecule has 0 bridgehead atoms. The van der Waals surface area contributed by atoms with Gasteiger partial charge in [0.2, 0.25) is 5.57 Å². The Morgan fingerprint density at radius 2 is 2.23 bits per heavy atom. The molecule has 13 heteroatoms. The van der Waals surface area contributed by atoms with E-state index in [1.807, 2.05) is 0 Å². The average molecular weight is 416 g/mol. The molecule has 1 fully saturated rings. The van der Waals surface area contributed by atoms with Gasteiger partial charge < -0.3 is 24.6 Å². The highest BCUT2D eigenvalue weighted by Gasteiger charge is 2.56. The molecule has 0 saturated carbocycles. The molecular formula is C13H17ClF2N3O6P. The summed E-state index contributed by atoms with van der Waals surface area (Å²) in [5.74, 6) is -0.723. The molecule has 2 heterocycles. The number of aliphatic hydroxyl groups excluding tert-OH is 1. The van der Waals surface area contributed by atoms with Crippen LogP contribution >= 0.6 is 19.2 Å². The Morgan fingerprint density at radius 3 is 2.73 bits per heavy atom. The summed E-state index contributed by atoms with van der Waals surface area (Å²) in [6.45, 7) is 0. The summed E-state index contributed by atoms with van der Waals surface area (Å²) >= 11 is 5.77. The minimum absolute atomic E-state index is 0.101. The second-order valence-electron chi connectivity index (χ2n) is 5.36. The van der Waals surface area contributed by atoms with E-state index in [4.69, 9.17) is 22.1 Å². The van der Waals surface area contributed by atoms with Crippen molar-refractivity contribution in [3.8, 4) is 0 Å². The van der Waals surface area contributed by atoms with E-state index in [1.54, 1.807) is 0 Å². The van der Waals surface area contributed by atoms with Crippen molar-refractivity contribution < 1.29 is 32.2 Å². The zero-order chi connectivity index (χ0) is 19.7. The molecule has 0 aliphatic carbocycles. The van der Waals surface area contributed by atoms with Crippen molar-refractivity contribution in [2.24, 2.45) is 0 Å². The van der Waals surface area contributed by atoms with E-state index in [0.29, 0.717) is 6.08 Å². The maximum Gasteiger partial charge on any atom is 0.388 e. The standard InChI is InChI=1S/C13H17ClF2N3O6P/c1-23-26(22,24-2)7(15)5-13(6-14)10(20)9(16)11(25-13)19-4-3-8(17)18-12(19)21/h3-5,9-11,20H,6H2,1-2H3,(H2,17,18,21)/b7-5+/t9-,10+,11-,13+/m1/s1. The van der Waals surface area contributed by atoms with Gasteiger partial charge >= 0.3 is 13.3 Å². The summed E-state index contributed by atoms with van der Waals surface area (Å²) < 4.78 is 56.1. The fourth-order valence-corrected chi connectivity index (χ4v) is 3.59. The van der Waals surface area contributed by atoms with Crippen LogP contribution in [0.1, 0.15) is 6.23 Å². The number of halogens is 3. The van der Waals surface area contributed by atoms with E-state index < -0.39 is 48.8 Å². The van der Waals surface area contributed by atoms with Gasteiger partial charge in [0.25, 0.3) is 0 Å². The molecule has 9 nitrogen and oxygen atoms in total. The number of alkyl halides is 2. The van der Waals surface area contributed by atoms with Gasteiger partial charge in [0.15, 0.2) is 12.4 Å². The minimum Gasteiger partial charge on any atom is -0.386 e. The maximum atomic E-state index is 14.6. The smallest absolute Gasteiger partial charge is 0.386 e. The number of rotatable bonds is 6. The van der Waals surface area contributed by atoms with Gasteiger partial charge in [0.1, 0.15) is 17.5 Å². The number of nitrogen functional groups attached to an aromatic ring is 1. The van der Waals surface area contributed by atoms with Crippen LogP contribution in [0.15, 0.2) is 28.7 Å². The lowest BCUT2D eigenvalue weighted by molar-refractivity contribution is -0.0616. The molecule has 146 valence electrons. The van der Waals surface area contributed by atoms with Crippen LogP contribution in [0.5, 0.6) is 0 Å². The molecule has 0 unspecified atom stereocenters. The van der Waals surface area contributed by atoms with Crippen LogP contribution in [0, 0.1) is 0 Å². The fourth-order valence-electron chi connectivity index (χ4n) is 2.41. The van der Waals surface area contributed by atoms with Crippen LogP contribution in [-0.2, 0) is 18.3 Å². The number of aromatic nitrogens is 2. The number of hydrogen-bond acceptors (Lipinski definition) is 8. The van der Waals surface area contributed by atoms with Crippen LogP contribution in [0.25, 0.3) is 0 Å². The van der Waals surface area contributed by atoms with Gasteiger partial charge in [0, 0.05) is 20.4 Å². The third-order valence-electron chi connectivity index (χ3n) is 3.86. The number of nitrogens with zero attached hydrogens (tertiary/aromatic N) is 2. The highest BCUT2D eigenvalue weighted by Crippen LogP contribution is 2.57. The van der Waals surface area contributed by atoms with Crippen LogP contribution in [0.2, 0.25) is 0 Å². The molecule has 0 amide bonds.